The standard InChI is InChI=1S/C22H34N4O5S/c1-14(2)11-17(24-19(27)13-23)21(29)25-16(9-10-32-3)20(28)26-18(22(30)31)12-15-7-5-4-6-8-15/h4-8,14,16-18H,9-13,23H2,1-3H3,(H,24,27)(H,25,29)(H,26,28)(H,30,31). The van der Waals surface area contributed by atoms with E-state index >= 15 is 0 Å². The smallest absolute Gasteiger partial charge is 0.326 e. The van der Waals surface area contributed by atoms with Crippen molar-refractivity contribution in [3.8, 4) is 0 Å². The van der Waals surface area contributed by atoms with E-state index < -0.39 is 41.8 Å². The zero-order chi connectivity index (χ0) is 24.1. The minimum Gasteiger partial charge on any atom is -0.480 e. The number of carboxylic acid groups (broad SMARTS) is 1. The number of nitrogens with two attached hydrogens (primary N) is 1. The van der Waals surface area contributed by atoms with Crippen molar-refractivity contribution in [2.75, 3.05) is 18.6 Å². The molecule has 6 N–H and O–H groups in total. The Morgan fingerprint density at radius 3 is 2.09 bits per heavy atom. The summed E-state index contributed by atoms with van der Waals surface area (Å²) < 4.78 is 0. The van der Waals surface area contributed by atoms with Gasteiger partial charge in [-0.25, -0.2) is 4.79 Å². The molecule has 3 atom stereocenters. The minimum absolute atomic E-state index is 0.115. The Balaban J connectivity index is 2.93. The molecule has 0 aliphatic carbocycles. The Kier molecular flexibility index (Phi) is 12.4. The van der Waals surface area contributed by atoms with Crippen molar-refractivity contribution in [2.24, 2.45) is 11.7 Å². The normalized spacial score (nSPS) is 13.7. The third-order valence-corrected chi connectivity index (χ3v) is 5.33. The van der Waals surface area contributed by atoms with Gasteiger partial charge in [-0.3, -0.25) is 14.4 Å². The highest BCUT2D eigenvalue weighted by Crippen LogP contribution is 2.09. The largest absolute Gasteiger partial charge is 0.480 e. The SMILES string of the molecule is CSCCC(NC(=O)C(CC(C)C)NC(=O)CN)C(=O)NC(Cc1ccccc1)C(=O)O. The highest BCUT2D eigenvalue weighted by molar-refractivity contribution is 7.98. The van der Waals surface area contributed by atoms with Crippen LogP contribution in [0.15, 0.2) is 30.3 Å². The van der Waals surface area contributed by atoms with Crippen molar-refractivity contribution < 1.29 is 24.3 Å². The molecule has 0 radical (unpaired) electrons. The van der Waals surface area contributed by atoms with Crippen LogP contribution in [0.1, 0.15) is 32.3 Å². The van der Waals surface area contributed by atoms with Crippen LogP contribution in [0.5, 0.6) is 0 Å². The number of aliphatic carboxylic acids is 1. The molecule has 0 bridgehead atoms. The van der Waals surface area contributed by atoms with E-state index in [1.807, 2.05) is 26.2 Å². The predicted octanol–water partition coefficient (Wildman–Crippen LogP) is 0.526. The zero-order valence-corrected chi connectivity index (χ0v) is 19.6. The molecule has 1 aromatic rings. The molecule has 0 aromatic heterocycles. The zero-order valence-electron chi connectivity index (χ0n) is 18.8. The van der Waals surface area contributed by atoms with Crippen molar-refractivity contribution in [2.45, 2.75) is 51.2 Å². The van der Waals surface area contributed by atoms with Crippen LogP contribution < -0.4 is 21.7 Å². The summed E-state index contributed by atoms with van der Waals surface area (Å²) in [5.74, 6) is -2.01. The molecular formula is C22H34N4O5S. The fourth-order valence-corrected chi connectivity index (χ4v) is 3.53. The number of nitrogens with one attached hydrogen (secondary N) is 3. The van der Waals surface area contributed by atoms with Crippen LogP contribution in [0.3, 0.4) is 0 Å². The first-order valence-corrected chi connectivity index (χ1v) is 11.9. The second-order valence-corrected chi connectivity index (χ2v) is 8.87. The summed E-state index contributed by atoms with van der Waals surface area (Å²) >= 11 is 1.50. The number of thioether (sulfide) groups is 1. The molecule has 3 amide bonds. The fourth-order valence-electron chi connectivity index (χ4n) is 3.06. The Morgan fingerprint density at radius 1 is 0.969 bits per heavy atom. The van der Waals surface area contributed by atoms with Crippen molar-refractivity contribution >= 4 is 35.5 Å². The lowest BCUT2D eigenvalue weighted by molar-refractivity contribution is -0.142. The van der Waals surface area contributed by atoms with Crippen LogP contribution in [0.4, 0.5) is 0 Å². The van der Waals surface area contributed by atoms with Crippen LogP contribution in [0, 0.1) is 5.92 Å². The first-order valence-electron chi connectivity index (χ1n) is 10.5. The molecule has 0 aliphatic rings. The molecule has 0 heterocycles. The topological polar surface area (TPSA) is 151 Å². The maximum Gasteiger partial charge on any atom is 0.326 e. The second-order valence-electron chi connectivity index (χ2n) is 7.89. The molecule has 0 spiro atoms. The van der Waals surface area contributed by atoms with Gasteiger partial charge < -0.3 is 26.8 Å². The van der Waals surface area contributed by atoms with Gasteiger partial charge in [-0.1, -0.05) is 44.2 Å². The number of carboxylic acids is 1. The van der Waals surface area contributed by atoms with Crippen LogP contribution in [0.2, 0.25) is 0 Å². The summed E-state index contributed by atoms with van der Waals surface area (Å²) in [4.78, 5) is 49.2. The summed E-state index contributed by atoms with van der Waals surface area (Å²) in [7, 11) is 0. The summed E-state index contributed by atoms with van der Waals surface area (Å²) in [6.07, 6.45) is 2.68. The third kappa shape index (κ3) is 10.1. The molecule has 0 saturated heterocycles. The lowest BCUT2D eigenvalue weighted by Crippen LogP contribution is -2.56. The fraction of sp³-hybridized carbons (Fsp3) is 0.545. The van der Waals surface area contributed by atoms with E-state index in [9.17, 15) is 24.3 Å². The Labute approximate surface area is 193 Å². The van der Waals surface area contributed by atoms with Crippen molar-refractivity contribution in [3.63, 3.8) is 0 Å². The van der Waals surface area contributed by atoms with Gasteiger partial charge in [0.25, 0.3) is 0 Å². The van der Waals surface area contributed by atoms with E-state index in [0.717, 1.165) is 5.56 Å². The molecule has 0 fully saturated rings. The van der Waals surface area contributed by atoms with Gasteiger partial charge in [0, 0.05) is 6.42 Å². The van der Waals surface area contributed by atoms with E-state index in [1.165, 1.54) is 11.8 Å². The van der Waals surface area contributed by atoms with Crippen LogP contribution in [0.25, 0.3) is 0 Å². The minimum atomic E-state index is -1.16. The van der Waals surface area contributed by atoms with Gasteiger partial charge in [-0.05, 0) is 36.3 Å². The maximum absolute atomic E-state index is 12.9. The average molecular weight is 467 g/mol. The predicted molar refractivity (Wildman–Crippen MR) is 125 cm³/mol. The van der Waals surface area contributed by atoms with Gasteiger partial charge in [0.15, 0.2) is 0 Å². The van der Waals surface area contributed by atoms with Crippen LogP contribution >= 0.6 is 11.8 Å². The van der Waals surface area contributed by atoms with Gasteiger partial charge in [-0.2, -0.15) is 11.8 Å². The number of amides is 3. The molecule has 32 heavy (non-hydrogen) atoms. The first-order chi connectivity index (χ1) is 15.2. The number of rotatable bonds is 14. The van der Waals surface area contributed by atoms with Gasteiger partial charge in [0.1, 0.15) is 18.1 Å². The summed E-state index contributed by atoms with van der Waals surface area (Å²) in [6, 6.07) is 6.07. The van der Waals surface area contributed by atoms with Crippen molar-refractivity contribution in [1.29, 1.82) is 0 Å². The quantitative estimate of drug-likeness (QED) is 0.268. The number of carbonyl (C=O) groups is 4. The lowest BCUT2D eigenvalue weighted by Gasteiger charge is -2.25. The van der Waals surface area contributed by atoms with Crippen LogP contribution in [-0.4, -0.2) is 65.5 Å². The molecule has 178 valence electrons. The molecule has 1 aromatic carbocycles. The Morgan fingerprint density at radius 2 is 1.56 bits per heavy atom. The van der Waals surface area contributed by atoms with Crippen molar-refractivity contribution in [1.82, 2.24) is 16.0 Å². The van der Waals surface area contributed by atoms with Crippen molar-refractivity contribution in [3.05, 3.63) is 35.9 Å². The van der Waals surface area contributed by atoms with Gasteiger partial charge >= 0.3 is 5.97 Å². The molecule has 1 rings (SSSR count). The van der Waals surface area contributed by atoms with E-state index in [0.29, 0.717) is 18.6 Å². The molecule has 3 unspecified atom stereocenters. The Hall–Kier alpha value is -2.59. The third-order valence-electron chi connectivity index (χ3n) is 4.69. The van der Waals surface area contributed by atoms with E-state index in [4.69, 9.17) is 5.73 Å². The monoisotopic (exact) mass is 466 g/mol. The molecular weight excluding hydrogens is 432 g/mol. The van der Waals surface area contributed by atoms with Gasteiger partial charge in [0.05, 0.1) is 6.54 Å². The number of hydrogen-bond donors (Lipinski definition) is 5. The summed E-state index contributed by atoms with van der Waals surface area (Å²) in [5, 5.41) is 17.4. The summed E-state index contributed by atoms with van der Waals surface area (Å²) in [5.41, 5.74) is 6.12. The number of benzene rings is 1. The lowest BCUT2D eigenvalue weighted by atomic mass is 10.0. The van der Waals surface area contributed by atoms with E-state index in [-0.39, 0.29) is 18.9 Å². The van der Waals surface area contributed by atoms with Crippen LogP contribution in [-0.2, 0) is 25.6 Å². The second kappa shape index (κ2) is 14.5. The molecule has 0 aliphatic heterocycles. The number of carbonyl (C=O) groups excluding carboxylic acids is 3. The summed E-state index contributed by atoms with van der Waals surface area (Å²) in [6.45, 7) is 3.57. The molecule has 0 saturated carbocycles. The highest BCUT2D eigenvalue weighted by atomic mass is 32.2. The highest BCUT2D eigenvalue weighted by Gasteiger charge is 2.29. The van der Waals surface area contributed by atoms with E-state index in [2.05, 4.69) is 16.0 Å². The average Bonchev–Trinajstić information content (AvgIpc) is 2.75. The Bertz CT molecular complexity index is 760. The molecule has 10 heteroatoms. The number of hydrogen-bond acceptors (Lipinski definition) is 6. The molecule has 9 nitrogen and oxygen atoms in total. The van der Waals surface area contributed by atoms with Gasteiger partial charge in [-0.15, -0.1) is 0 Å². The maximum atomic E-state index is 12.9. The van der Waals surface area contributed by atoms with E-state index in [1.54, 1.807) is 24.3 Å². The first kappa shape index (κ1) is 27.4. The van der Waals surface area contributed by atoms with Gasteiger partial charge in [0.2, 0.25) is 17.7 Å².